The minimum Gasteiger partial charge on any atom is -0.497 e. The Kier molecular flexibility index (Phi) is 2.93. The summed E-state index contributed by atoms with van der Waals surface area (Å²) in [6.07, 6.45) is 5.96. The van der Waals surface area contributed by atoms with Gasteiger partial charge >= 0.3 is 0 Å². The van der Waals surface area contributed by atoms with Crippen LogP contribution in [0.4, 0.5) is 0 Å². The second-order valence-electron chi connectivity index (χ2n) is 5.12. The fourth-order valence-corrected chi connectivity index (χ4v) is 2.65. The number of hydrogen-bond acceptors (Lipinski definition) is 2. The number of nitrogens with one attached hydrogen (secondary N) is 1. The maximum atomic E-state index is 5.18. The number of ether oxygens (including phenoxy) is 1. The van der Waals surface area contributed by atoms with Gasteiger partial charge in [-0.05, 0) is 30.3 Å². The molecule has 0 spiro atoms. The number of para-hydroxylation sites is 1. The van der Waals surface area contributed by atoms with E-state index < -0.39 is 0 Å². The van der Waals surface area contributed by atoms with Crippen molar-refractivity contribution < 1.29 is 4.74 Å². The van der Waals surface area contributed by atoms with Gasteiger partial charge in [0.25, 0.3) is 0 Å². The molecule has 2 heterocycles. The molecule has 0 bridgehead atoms. The highest BCUT2D eigenvalue weighted by Crippen LogP contribution is 2.28. The molecule has 4 aromatic rings. The molecule has 1 N–H and O–H groups in total. The Hall–Kier alpha value is -3.01. The summed E-state index contributed by atoms with van der Waals surface area (Å²) in [6.45, 7) is 0. The van der Waals surface area contributed by atoms with Crippen molar-refractivity contribution in [3.63, 3.8) is 0 Å². The molecule has 2 aromatic heterocycles. The van der Waals surface area contributed by atoms with Gasteiger partial charge in [0.1, 0.15) is 5.75 Å². The molecular formula is C18H15N3O. The van der Waals surface area contributed by atoms with E-state index in [1.807, 2.05) is 59.7 Å². The lowest BCUT2D eigenvalue weighted by molar-refractivity contribution is 0.414. The monoisotopic (exact) mass is 289 g/mol. The molecule has 0 unspecified atom stereocenters. The van der Waals surface area contributed by atoms with E-state index in [1.54, 1.807) is 7.11 Å². The van der Waals surface area contributed by atoms with Gasteiger partial charge in [0.15, 0.2) is 0 Å². The number of methoxy groups -OCH3 is 1. The van der Waals surface area contributed by atoms with E-state index in [1.165, 1.54) is 5.39 Å². The highest BCUT2D eigenvalue weighted by Gasteiger charge is 2.08. The third kappa shape index (κ3) is 2.05. The Labute approximate surface area is 128 Å². The zero-order chi connectivity index (χ0) is 14.9. The molecule has 108 valence electrons. The number of aromatic amines is 1. The predicted octanol–water partition coefficient (Wildman–Crippen LogP) is 4.03. The number of fused-ring (bicyclic) bond motifs is 1. The molecule has 0 aliphatic heterocycles. The van der Waals surface area contributed by atoms with Crippen LogP contribution in [0.5, 0.6) is 5.75 Å². The fraction of sp³-hybridized carbons (Fsp3) is 0.0556. The molecule has 4 nitrogen and oxygen atoms in total. The third-order valence-corrected chi connectivity index (χ3v) is 3.82. The Morgan fingerprint density at radius 2 is 1.86 bits per heavy atom. The van der Waals surface area contributed by atoms with Crippen LogP contribution in [-0.4, -0.2) is 21.9 Å². The first kappa shape index (κ1) is 12.7. The molecule has 0 saturated carbocycles. The Morgan fingerprint density at radius 1 is 1.05 bits per heavy atom. The van der Waals surface area contributed by atoms with Crippen molar-refractivity contribution in [2.24, 2.45) is 0 Å². The maximum absolute atomic E-state index is 5.18. The van der Waals surface area contributed by atoms with E-state index >= 15 is 0 Å². The first-order valence-corrected chi connectivity index (χ1v) is 7.11. The van der Waals surface area contributed by atoms with E-state index in [9.17, 15) is 0 Å². The van der Waals surface area contributed by atoms with Gasteiger partial charge in [-0.25, -0.2) is 4.68 Å². The average molecular weight is 289 g/mol. The normalized spacial score (nSPS) is 11.0. The first-order valence-electron chi connectivity index (χ1n) is 7.11. The predicted molar refractivity (Wildman–Crippen MR) is 87.4 cm³/mol. The SMILES string of the molecule is COc1ccc(-n2cc(-c3c[nH]c4ccccc34)cn2)cc1. The van der Waals surface area contributed by atoms with Crippen molar-refractivity contribution >= 4 is 10.9 Å². The van der Waals surface area contributed by atoms with Gasteiger partial charge in [-0.2, -0.15) is 5.10 Å². The van der Waals surface area contributed by atoms with E-state index in [2.05, 4.69) is 22.2 Å². The Balaban J connectivity index is 1.74. The van der Waals surface area contributed by atoms with Crippen LogP contribution in [0.3, 0.4) is 0 Å². The summed E-state index contributed by atoms with van der Waals surface area (Å²) >= 11 is 0. The zero-order valence-electron chi connectivity index (χ0n) is 12.2. The minimum atomic E-state index is 0.841. The number of H-pyrrole nitrogens is 1. The minimum absolute atomic E-state index is 0.841. The van der Waals surface area contributed by atoms with Crippen molar-refractivity contribution in [1.82, 2.24) is 14.8 Å². The summed E-state index contributed by atoms with van der Waals surface area (Å²) in [5, 5.41) is 5.67. The topological polar surface area (TPSA) is 42.8 Å². The van der Waals surface area contributed by atoms with Gasteiger partial charge in [0.05, 0.1) is 19.0 Å². The molecule has 2 aromatic carbocycles. The summed E-state index contributed by atoms with van der Waals surface area (Å²) in [4.78, 5) is 3.30. The molecule has 0 aliphatic carbocycles. The van der Waals surface area contributed by atoms with Crippen LogP contribution in [0.15, 0.2) is 67.1 Å². The van der Waals surface area contributed by atoms with Crippen LogP contribution in [-0.2, 0) is 0 Å². The summed E-state index contributed by atoms with van der Waals surface area (Å²) in [5.41, 5.74) is 4.39. The van der Waals surface area contributed by atoms with Gasteiger partial charge in [0, 0.05) is 34.4 Å². The molecule has 4 rings (SSSR count). The van der Waals surface area contributed by atoms with Crippen molar-refractivity contribution in [2.45, 2.75) is 0 Å². The maximum Gasteiger partial charge on any atom is 0.119 e. The van der Waals surface area contributed by atoms with Crippen molar-refractivity contribution in [3.8, 4) is 22.6 Å². The van der Waals surface area contributed by atoms with Gasteiger partial charge in [-0.1, -0.05) is 18.2 Å². The smallest absolute Gasteiger partial charge is 0.119 e. The molecule has 22 heavy (non-hydrogen) atoms. The van der Waals surface area contributed by atoms with E-state index in [-0.39, 0.29) is 0 Å². The number of hydrogen-bond donors (Lipinski definition) is 1. The zero-order valence-corrected chi connectivity index (χ0v) is 12.2. The van der Waals surface area contributed by atoms with E-state index in [0.29, 0.717) is 0 Å². The quantitative estimate of drug-likeness (QED) is 0.619. The average Bonchev–Trinajstić information content (AvgIpc) is 3.21. The summed E-state index contributed by atoms with van der Waals surface area (Å²) in [6, 6.07) is 16.1. The fourth-order valence-electron chi connectivity index (χ4n) is 2.65. The molecular weight excluding hydrogens is 274 g/mol. The van der Waals surface area contributed by atoms with Crippen LogP contribution in [0.1, 0.15) is 0 Å². The molecule has 0 saturated heterocycles. The van der Waals surface area contributed by atoms with Crippen molar-refractivity contribution in [1.29, 1.82) is 0 Å². The van der Waals surface area contributed by atoms with Gasteiger partial charge in [-0.3, -0.25) is 0 Å². The molecule has 0 aliphatic rings. The highest BCUT2D eigenvalue weighted by molar-refractivity contribution is 5.95. The lowest BCUT2D eigenvalue weighted by Crippen LogP contribution is -1.93. The Morgan fingerprint density at radius 3 is 2.68 bits per heavy atom. The molecule has 4 heteroatoms. The molecule has 0 amide bonds. The standard InChI is InChI=1S/C18H15N3O/c1-22-15-8-6-14(7-9-15)21-12-13(10-20-21)17-11-19-18-5-3-2-4-16(17)18/h2-12,19H,1H3. The number of benzene rings is 2. The largest absolute Gasteiger partial charge is 0.497 e. The summed E-state index contributed by atoms with van der Waals surface area (Å²) in [5.74, 6) is 0.841. The van der Waals surface area contributed by atoms with Gasteiger partial charge < -0.3 is 9.72 Å². The summed E-state index contributed by atoms with van der Waals surface area (Å²) in [7, 11) is 1.66. The number of rotatable bonds is 3. The van der Waals surface area contributed by atoms with Crippen LogP contribution in [0, 0.1) is 0 Å². The molecule has 0 atom stereocenters. The highest BCUT2D eigenvalue weighted by atomic mass is 16.5. The Bertz CT molecular complexity index is 919. The van der Waals surface area contributed by atoms with Crippen LogP contribution in [0.25, 0.3) is 27.7 Å². The molecule has 0 fully saturated rings. The lowest BCUT2D eigenvalue weighted by Gasteiger charge is -2.03. The van der Waals surface area contributed by atoms with Crippen molar-refractivity contribution in [3.05, 3.63) is 67.1 Å². The lowest BCUT2D eigenvalue weighted by atomic mass is 10.1. The van der Waals surface area contributed by atoms with Crippen LogP contribution >= 0.6 is 0 Å². The second kappa shape index (κ2) is 5.07. The van der Waals surface area contributed by atoms with Gasteiger partial charge in [0.2, 0.25) is 0 Å². The van der Waals surface area contributed by atoms with Crippen molar-refractivity contribution in [2.75, 3.05) is 7.11 Å². The van der Waals surface area contributed by atoms with E-state index in [0.717, 1.165) is 28.1 Å². The van der Waals surface area contributed by atoms with Crippen LogP contribution in [0.2, 0.25) is 0 Å². The van der Waals surface area contributed by atoms with Crippen LogP contribution < -0.4 is 4.74 Å². The second-order valence-corrected chi connectivity index (χ2v) is 5.12. The third-order valence-electron chi connectivity index (χ3n) is 3.82. The summed E-state index contributed by atoms with van der Waals surface area (Å²) < 4.78 is 7.06. The molecule has 0 radical (unpaired) electrons. The van der Waals surface area contributed by atoms with Gasteiger partial charge in [-0.15, -0.1) is 0 Å². The number of nitrogens with zero attached hydrogens (tertiary/aromatic N) is 2. The first-order chi connectivity index (χ1) is 10.8. The van der Waals surface area contributed by atoms with E-state index in [4.69, 9.17) is 4.74 Å². The number of aromatic nitrogens is 3.